The number of imidazole rings is 1. The molecule has 0 aliphatic heterocycles. The van der Waals surface area contributed by atoms with Gasteiger partial charge in [0.05, 0.1) is 17.0 Å². The van der Waals surface area contributed by atoms with E-state index in [9.17, 15) is 8.42 Å². The number of pyridine rings is 1. The second-order valence-electron chi connectivity index (χ2n) is 4.35. The average Bonchev–Trinajstić information content (AvgIpc) is 2.98. The number of H-pyrrole nitrogens is 1. The lowest BCUT2D eigenvalue weighted by atomic mass is 10.2. The Morgan fingerprint density at radius 1 is 1.24 bits per heavy atom. The molecule has 2 heterocycles. The number of benzene rings is 1. The number of nitrogens with one attached hydrogen (secondary N) is 2. The van der Waals surface area contributed by atoms with E-state index >= 15 is 0 Å². The molecule has 2 N–H and O–H groups in total. The number of hydrogen-bond donors (Lipinski definition) is 2. The lowest BCUT2D eigenvalue weighted by Gasteiger charge is -2.06. The number of aromatic nitrogens is 3. The van der Waals surface area contributed by atoms with Gasteiger partial charge in [-0.25, -0.2) is 23.1 Å². The van der Waals surface area contributed by atoms with Crippen molar-refractivity contribution in [3.8, 4) is 0 Å². The van der Waals surface area contributed by atoms with Gasteiger partial charge in [0.25, 0.3) is 0 Å². The molecule has 0 spiro atoms. The molecular weight excluding hydrogens is 312 g/mol. The summed E-state index contributed by atoms with van der Waals surface area (Å²) in [7, 11) is -3.61. The van der Waals surface area contributed by atoms with Crippen LogP contribution in [-0.2, 0) is 16.6 Å². The Morgan fingerprint density at radius 2 is 2.10 bits per heavy atom. The van der Waals surface area contributed by atoms with Gasteiger partial charge in [-0.05, 0) is 30.3 Å². The highest BCUT2D eigenvalue weighted by Gasteiger charge is 2.15. The fourth-order valence-electron chi connectivity index (χ4n) is 1.89. The zero-order valence-corrected chi connectivity index (χ0v) is 12.3. The van der Waals surface area contributed by atoms with Gasteiger partial charge in [0.2, 0.25) is 10.0 Å². The molecule has 0 unspecified atom stereocenters. The fraction of sp³-hybridized carbons (Fsp3) is 0.0769. The second kappa shape index (κ2) is 5.44. The van der Waals surface area contributed by atoms with E-state index in [0.717, 1.165) is 0 Å². The van der Waals surface area contributed by atoms with Gasteiger partial charge in [0.15, 0.2) is 0 Å². The van der Waals surface area contributed by atoms with Crippen molar-refractivity contribution >= 4 is 32.5 Å². The van der Waals surface area contributed by atoms with Gasteiger partial charge in [-0.1, -0.05) is 11.6 Å². The molecule has 6 nitrogen and oxygen atoms in total. The zero-order chi connectivity index (χ0) is 14.9. The molecule has 0 radical (unpaired) electrons. The predicted octanol–water partition coefficient (Wildman–Crippen LogP) is 2.09. The first kappa shape index (κ1) is 14.0. The van der Waals surface area contributed by atoms with E-state index in [4.69, 9.17) is 11.6 Å². The summed E-state index contributed by atoms with van der Waals surface area (Å²) >= 11 is 5.80. The SMILES string of the molecule is O=S(=O)(NCc1ncc[nH]1)c1ccc2nc(Cl)ccc2c1. The Hall–Kier alpha value is -1.96. The molecule has 0 saturated carbocycles. The third kappa shape index (κ3) is 3.05. The average molecular weight is 323 g/mol. The highest BCUT2D eigenvalue weighted by atomic mass is 35.5. The number of fused-ring (bicyclic) bond motifs is 1. The van der Waals surface area contributed by atoms with Crippen molar-refractivity contribution in [3.63, 3.8) is 0 Å². The van der Waals surface area contributed by atoms with E-state index in [0.29, 0.717) is 21.9 Å². The largest absolute Gasteiger partial charge is 0.347 e. The van der Waals surface area contributed by atoms with Crippen LogP contribution >= 0.6 is 11.6 Å². The first-order valence-corrected chi connectivity index (χ1v) is 7.95. The number of aromatic amines is 1. The summed E-state index contributed by atoms with van der Waals surface area (Å²) < 4.78 is 27.0. The van der Waals surface area contributed by atoms with Gasteiger partial charge in [-0.15, -0.1) is 0 Å². The van der Waals surface area contributed by atoms with Gasteiger partial charge in [-0.2, -0.15) is 0 Å². The summed E-state index contributed by atoms with van der Waals surface area (Å²) in [6.07, 6.45) is 3.20. The van der Waals surface area contributed by atoms with E-state index in [1.807, 2.05) is 0 Å². The van der Waals surface area contributed by atoms with Crippen molar-refractivity contribution in [1.29, 1.82) is 0 Å². The van der Waals surface area contributed by atoms with E-state index in [2.05, 4.69) is 19.7 Å². The Morgan fingerprint density at radius 3 is 2.86 bits per heavy atom. The molecule has 0 fully saturated rings. The molecular formula is C13H11ClN4O2S. The summed E-state index contributed by atoms with van der Waals surface area (Å²) in [6.45, 7) is 0.103. The standard InChI is InChI=1S/C13H11ClN4O2S/c14-12-4-1-9-7-10(2-3-11(9)18-12)21(19,20)17-8-13-15-5-6-16-13/h1-7,17H,8H2,(H,15,16). The van der Waals surface area contributed by atoms with Gasteiger partial charge in [-0.3, -0.25) is 0 Å². The van der Waals surface area contributed by atoms with E-state index in [1.165, 1.54) is 6.07 Å². The van der Waals surface area contributed by atoms with Crippen LogP contribution in [0.3, 0.4) is 0 Å². The van der Waals surface area contributed by atoms with Crippen LogP contribution in [0.5, 0.6) is 0 Å². The summed E-state index contributed by atoms with van der Waals surface area (Å²) in [4.78, 5) is 11.1. The number of nitrogens with zero attached hydrogens (tertiary/aromatic N) is 2. The molecule has 0 aliphatic carbocycles. The zero-order valence-electron chi connectivity index (χ0n) is 10.7. The Labute approximate surface area is 126 Å². The molecule has 3 aromatic rings. The number of rotatable bonds is 4. The molecule has 8 heteroatoms. The maximum absolute atomic E-state index is 12.2. The predicted molar refractivity (Wildman–Crippen MR) is 79.4 cm³/mol. The molecule has 0 saturated heterocycles. The Kier molecular flexibility index (Phi) is 3.62. The van der Waals surface area contributed by atoms with Crippen LogP contribution in [-0.4, -0.2) is 23.4 Å². The van der Waals surface area contributed by atoms with E-state index < -0.39 is 10.0 Å². The van der Waals surface area contributed by atoms with Crippen LogP contribution < -0.4 is 4.72 Å². The maximum Gasteiger partial charge on any atom is 0.240 e. The smallest absolute Gasteiger partial charge is 0.240 e. The lowest BCUT2D eigenvalue weighted by Crippen LogP contribution is -2.23. The second-order valence-corrected chi connectivity index (χ2v) is 6.50. The van der Waals surface area contributed by atoms with Crippen molar-refractivity contribution in [3.05, 3.63) is 53.7 Å². The molecule has 0 amide bonds. The fourth-order valence-corrected chi connectivity index (χ4v) is 3.06. The first-order chi connectivity index (χ1) is 10.0. The molecule has 21 heavy (non-hydrogen) atoms. The Balaban J connectivity index is 1.89. The van der Waals surface area contributed by atoms with Gasteiger partial charge < -0.3 is 4.98 Å². The summed E-state index contributed by atoms with van der Waals surface area (Å²) in [5.74, 6) is 0.549. The third-order valence-corrected chi connectivity index (χ3v) is 4.53. The highest BCUT2D eigenvalue weighted by molar-refractivity contribution is 7.89. The number of hydrogen-bond acceptors (Lipinski definition) is 4. The normalized spacial score (nSPS) is 11.9. The molecule has 0 atom stereocenters. The summed E-state index contributed by atoms with van der Waals surface area (Å²) in [5, 5.41) is 1.08. The quantitative estimate of drug-likeness (QED) is 0.720. The lowest BCUT2D eigenvalue weighted by molar-refractivity contribution is 0.580. The molecule has 0 bridgehead atoms. The minimum absolute atomic E-state index is 0.103. The summed E-state index contributed by atoms with van der Waals surface area (Å²) in [6, 6.07) is 8.04. The molecule has 0 aliphatic rings. The van der Waals surface area contributed by atoms with Crippen molar-refractivity contribution in [2.75, 3.05) is 0 Å². The number of halogens is 1. The van der Waals surface area contributed by atoms with E-state index in [-0.39, 0.29) is 11.4 Å². The van der Waals surface area contributed by atoms with Crippen LogP contribution in [0.4, 0.5) is 0 Å². The molecule has 1 aromatic carbocycles. The first-order valence-electron chi connectivity index (χ1n) is 6.09. The van der Waals surface area contributed by atoms with Crippen LogP contribution in [0.15, 0.2) is 47.6 Å². The third-order valence-electron chi connectivity index (χ3n) is 2.92. The molecule has 3 rings (SSSR count). The van der Waals surface area contributed by atoms with Crippen molar-refractivity contribution in [2.24, 2.45) is 0 Å². The van der Waals surface area contributed by atoms with Crippen molar-refractivity contribution < 1.29 is 8.42 Å². The van der Waals surface area contributed by atoms with Crippen LogP contribution in [0.2, 0.25) is 5.15 Å². The highest BCUT2D eigenvalue weighted by Crippen LogP contribution is 2.19. The maximum atomic E-state index is 12.2. The van der Waals surface area contributed by atoms with Gasteiger partial charge in [0.1, 0.15) is 11.0 Å². The number of sulfonamides is 1. The van der Waals surface area contributed by atoms with Crippen LogP contribution in [0, 0.1) is 0 Å². The topological polar surface area (TPSA) is 87.7 Å². The molecule has 108 valence electrons. The van der Waals surface area contributed by atoms with Gasteiger partial charge in [0, 0.05) is 17.8 Å². The monoisotopic (exact) mass is 322 g/mol. The Bertz CT molecular complexity index is 878. The van der Waals surface area contributed by atoms with Crippen LogP contribution in [0.25, 0.3) is 10.9 Å². The minimum atomic E-state index is -3.61. The summed E-state index contributed by atoms with van der Waals surface area (Å²) in [5.41, 5.74) is 0.646. The van der Waals surface area contributed by atoms with Crippen molar-refractivity contribution in [2.45, 2.75) is 11.4 Å². The van der Waals surface area contributed by atoms with Crippen LogP contribution in [0.1, 0.15) is 5.82 Å². The van der Waals surface area contributed by atoms with Gasteiger partial charge >= 0.3 is 0 Å². The minimum Gasteiger partial charge on any atom is -0.347 e. The van der Waals surface area contributed by atoms with Crippen molar-refractivity contribution in [1.82, 2.24) is 19.7 Å². The van der Waals surface area contributed by atoms with E-state index in [1.54, 1.807) is 36.7 Å². The molecule has 2 aromatic heterocycles.